The summed E-state index contributed by atoms with van der Waals surface area (Å²) in [7, 11) is 0. The number of nitriles is 1. The van der Waals surface area contributed by atoms with Gasteiger partial charge < -0.3 is 30.7 Å². The molecule has 2 saturated heterocycles. The van der Waals surface area contributed by atoms with Crippen molar-refractivity contribution in [2.75, 3.05) is 50.0 Å². The number of benzene rings is 2. The van der Waals surface area contributed by atoms with E-state index in [0.717, 1.165) is 37.3 Å². The van der Waals surface area contributed by atoms with E-state index in [1.165, 1.54) is 46.5 Å². The lowest BCUT2D eigenvalue weighted by atomic mass is 10.1. The van der Waals surface area contributed by atoms with Crippen molar-refractivity contribution in [3.05, 3.63) is 131 Å². The highest BCUT2D eigenvalue weighted by atomic mass is 35.5. The Labute approximate surface area is 319 Å². The summed E-state index contributed by atoms with van der Waals surface area (Å²) in [5.41, 5.74) is 4.54. The summed E-state index contributed by atoms with van der Waals surface area (Å²) in [6.45, 7) is 4.70. The molecule has 6 aromatic rings. The van der Waals surface area contributed by atoms with Crippen molar-refractivity contribution in [1.82, 2.24) is 50.1 Å². The number of halogens is 1. The topological polar surface area (TPSA) is 212 Å². The van der Waals surface area contributed by atoms with Crippen LogP contribution in [0.1, 0.15) is 49.7 Å². The van der Waals surface area contributed by atoms with Crippen molar-refractivity contribution in [3.8, 4) is 17.7 Å². The van der Waals surface area contributed by atoms with Crippen LogP contribution in [0.25, 0.3) is 11.6 Å². The second-order valence-electron chi connectivity index (χ2n) is 12.2. The average molecular weight is 760 g/mol. The number of nitrogens with one attached hydrogen (secondary N) is 4. The molecule has 2 aliphatic rings. The van der Waals surface area contributed by atoms with Crippen LogP contribution in [0.5, 0.6) is 0 Å². The third-order valence-corrected chi connectivity index (χ3v) is 8.65. The maximum absolute atomic E-state index is 12.5. The third kappa shape index (κ3) is 9.58. The van der Waals surface area contributed by atoms with Crippen LogP contribution < -0.4 is 21.3 Å². The predicted octanol–water partition coefficient (Wildman–Crippen LogP) is 3.68. The van der Waals surface area contributed by atoms with Gasteiger partial charge in [-0.3, -0.25) is 9.59 Å². The van der Waals surface area contributed by atoms with Crippen molar-refractivity contribution in [3.63, 3.8) is 0 Å². The number of carbonyl (C=O) groups excluding carboxylic acids is 2. The Kier molecular flexibility index (Phi) is 11.8. The molecular formula is C37H34ClN13O4. The number of amides is 2. The van der Waals surface area contributed by atoms with Gasteiger partial charge >= 0.3 is 0 Å². The Hall–Kier alpha value is -6.42. The van der Waals surface area contributed by atoms with Gasteiger partial charge in [0.1, 0.15) is 11.2 Å². The molecule has 4 N–H and O–H groups in total. The molecule has 0 aliphatic carbocycles. The Balaban J connectivity index is 0.000000169. The minimum Gasteiger partial charge on any atom is -0.371 e. The fourth-order valence-electron chi connectivity index (χ4n) is 5.58. The zero-order valence-electron chi connectivity index (χ0n) is 29.2. The first-order valence-electron chi connectivity index (χ1n) is 17.2. The van der Waals surface area contributed by atoms with E-state index in [-0.39, 0.29) is 29.7 Å². The molecule has 0 bridgehead atoms. The number of carbonyl (C=O) groups is 2. The van der Waals surface area contributed by atoms with Gasteiger partial charge in [0.2, 0.25) is 0 Å². The standard InChI is InChI=1S/C19H17N7O2.C18H17ClN6O2/c20-7-16-9-23-18(11-22-16)26-12-14(8-24-26)19(27)25-15-3-1-13(2-4-15)17-10-21-5-6-28-17;19-16-9-22-17(10-21-16)25-11-13(7-23-25)18(26)24-14-3-1-12(2-4-14)15-8-20-5-6-27-15/h1-4,8-9,11-12,17,21H,5-6,10H2,(H,25,27);1-4,7,9-11,15,20H,5-6,8H2,(H,24,26)/t17-;15-/m11/s1. The van der Waals surface area contributed by atoms with E-state index in [0.29, 0.717) is 52.5 Å². The number of rotatable bonds is 8. The highest BCUT2D eigenvalue weighted by molar-refractivity contribution is 6.29. The summed E-state index contributed by atoms with van der Waals surface area (Å²) >= 11 is 5.73. The number of morpholine rings is 2. The van der Waals surface area contributed by atoms with Gasteiger partial charge in [-0.1, -0.05) is 35.9 Å². The summed E-state index contributed by atoms with van der Waals surface area (Å²) in [6, 6.07) is 17.1. The monoisotopic (exact) mass is 759 g/mol. The van der Waals surface area contributed by atoms with Crippen LogP contribution >= 0.6 is 11.6 Å². The van der Waals surface area contributed by atoms with Gasteiger partial charge in [0, 0.05) is 49.9 Å². The predicted molar refractivity (Wildman–Crippen MR) is 200 cm³/mol. The summed E-state index contributed by atoms with van der Waals surface area (Å²) in [6.07, 6.45) is 11.8. The van der Waals surface area contributed by atoms with E-state index in [1.54, 1.807) is 12.4 Å². The molecule has 17 nitrogen and oxygen atoms in total. The van der Waals surface area contributed by atoms with E-state index < -0.39 is 0 Å². The lowest BCUT2D eigenvalue weighted by Gasteiger charge is -2.24. The van der Waals surface area contributed by atoms with E-state index >= 15 is 0 Å². The zero-order chi connectivity index (χ0) is 38.0. The summed E-state index contributed by atoms with van der Waals surface area (Å²) < 4.78 is 14.3. The highest BCUT2D eigenvalue weighted by Crippen LogP contribution is 2.22. The van der Waals surface area contributed by atoms with Gasteiger partial charge in [-0.2, -0.15) is 15.5 Å². The molecule has 2 atom stereocenters. The average Bonchev–Trinajstić information content (AvgIpc) is 3.95. The second-order valence-corrected chi connectivity index (χ2v) is 12.6. The van der Waals surface area contributed by atoms with E-state index in [4.69, 9.17) is 26.3 Å². The Morgan fingerprint density at radius 3 is 1.58 bits per heavy atom. The molecule has 8 rings (SSSR count). The van der Waals surface area contributed by atoms with Gasteiger partial charge in [-0.05, 0) is 35.4 Å². The molecule has 2 fully saturated rings. The van der Waals surface area contributed by atoms with Crippen LogP contribution in [0.4, 0.5) is 11.4 Å². The van der Waals surface area contributed by atoms with Crippen molar-refractivity contribution in [1.29, 1.82) is 5.26 Å². The van der Waals surface area contributed by atoms with E-state index in [1.807, 2.05) is 54.6 Å². The van der Waals surface area contributed by atoms with Crippen molar-refractivity contribution >= 4 is 34.8 Å². The molecule has 18 heteroatoms. The molecule has 0 spiro atoms. The number of aromatic nitrogens is 8. The van der Waals surface area contributed by atoms with Crippen LogP contribution in [0.15, 0.2) is 98.1 Å². The quantitative estimate of drug-likeness (QED) is 0.175. The summed E-state index contributed by atoms with van der Waals surface area (Å²) in [4.78, 5) is 41.0. The first-order valence-corrected chi connectivity index (χ1v) is 17.6. The Morgan fingerprint density at radius 2 is 1.18 bits per heavy atom. The highest BCUT2D eigenvalue weighted by Gasteiger charge is 2.18. The van der Waals surface area contributed by atoms with Crippen molar-refractivity contribution in [2.45, 2.75) is 12.2 Å². The molecule has 0 saturated carbocycles. The van der Waals surface area contributed by atoms with Crippen LogP contribution in [-0.4, -0.2) is 90.7 Å². The molecule has 0 unspecified atom stereocenters. The minimum absolute atomic E-state index is 0.0327. The molecule has 0 radical (unpaired) electrons. The number of anilines is 2. The largest absolute Gasteiger partial charge is 0.371 e. The number of hydrogen-bond donors (Lipinski definition) is 4. The molecule has 2 aromatic carbocycles. The van der Waals surface area contributed by atoms with E-state index in [9.17, 15) is 9.59 Å². The first kappa shape index (κ1) is 36.9. The smallest absolute Gasteiger partial charge is 0.258 e. The lowest BCUT2D eigenvalue weighted by Crippen LogP contribution is -2.33. The SMILES string of the molecule is N#Cc1cnc(-n2cc(C(=O)Nc3ccc([C@H]4CNCCO4)cc3)cn2)cn1.O=C(Nc1ccc([C@H]2CNCCO2)cc1)c1cnn(-c2cnc(Cl)cn2)c1. The van der Waals surface area contributed by atoms with Crippen LogP contribution in [0, 0.1) is 11.3 Å². The number of ether oxygens (including phenoxy) is 2. The van der Waals surface area contributed by atoms with Crippen LogP contribution in [0.3, 0.4) is 0 Å². The Morgan fingerprint density at radius 1 is 0.691 bits per heavy atom. The van der Waals surface area contributed by atoms with Gasteiger partial charge in [-0.15, -0.1) is 0 Å². The number of nitrogens with zero attached hydrogens (tertiary/aromatic N) is 9. The summed E-state index contributed by atoms with van der Waals surface area (Å²) in [5, 5.41) is 29.6. The molecule has 278 valence electrons. The van der Waals surface area contributed by atoms with Gasteiger partial charge in [0.05, 0.1) is 73.7 Å². The lowest BCUT2D eigenvalue weighted by molar-refractivity contribution is 0.0276. The van der Waals surface area contributed by atoms with Gasteiger partial charge in [0.15, 0.2) is 17.3 Å². The molecule has 6 heterocycles. The molecular weight excluding hydrogens is 726 g/mol. The van der Waals surface area contributed by atoms with Gasteiger partial charge in [0.25, 0.3) is 11.8 Å². The second kappa shape index (κ2) is 17.6. The van der Waals surface area contributed by atoms with Crippen LogP contribution in [0.2, 0.25) is 5.15 Å². The zero-order valence-corrected chi connectivity index (χ0v) is 29.9. The number of hydrogen-bond acceptors (Lipinski definition) is 13. The fourth-order valence-corrected chi connectivity index (χ4v) is 5.68. The molecule has 4 aromatic heterocycles. The third-order valence-electron chi connectivity index (χ3n) is 8.45. The Bertz CT molecular complexity index is 2240. The van der Waals surface area contributed by atoms with Crippen LogP contribution in [-0.2, 0) is 9.47 Å². The van der Waals surface area contributed by atoms with Crippen molar-refractivity contribution < 1.29 is 19.1 Å². The first-order chi connectivity index (χ1) is 26.9. The van der Waals surface area contributed by atoms with Gasteiger partial charge in [-0.25, -0.2) is 29.3 Å². The maximum Gasteiger partial charge on any atom is 0.258 e. The fraction of sp³-hybridized carbons (Fsp3) is 0.216. The summed E-state index contributed by atoms with van der Waals surface area (Å²) in [5.74, 6) is 0.357. The van der Waals surface area contributed by atoms with E-state index in [2.05, 4.69) is 51.4 Å². The maximum atomic E-state index is 12.5. The molecule has 55 heavy (non-hydrogen) atoms. The normalized spacial score (nSPS) is 16.6. The minimum atomic E-state index is -0.281. The van der Waals surface area contributed by atoms with Crippen molar-refractivity contribution in [2.24, 2.45) is 0 Å². The molecule has 2 amide bonds. The molecule has 2 aliphatic heterocycles.